The van der Waals surface area contributed by atoms with Crippen LogP contribution in [0.3, 0.4) is 0 Å². The van der Waals surface area contributed by atoms with Crippen molar-refractivity contribution in [3.05, 3.63) is 47.3 Å². The summed E-state index contributed by atoms with van der Waals surface area (Å²) in [6, 6.07) is 5.10. The fraction of sp³-hybridized carbons (Fsp3) is 0.308. The molecular weight excluding hydrogens is 276 g/mol. The number of hydrogen-bond donors (Lipinski definition) is 2. The van der Waals surface area contributed by atoms with Crippen LogP contribution < -0.4 is 10.5 Å². The monoisotopic (exact) mass is 294 g/mol. The first-order chi connectivity index (χ1) is 9.42. The lowest BCUT2D eigenvalue weighted by molar-refractivity contribution is 0.580. The first-order valence-corrected chi connectivity index (χ1v) is 7.67. The van der Waals surface area contributed by atoms with Gasteiger partial charge < -0.3 is 5.73 Å². The van der Waals surface area contributed by atoms with Crippen molar-refractivity contribution in [2.24, 2.45) is 12.8 Å². The van der Waals surface area contributed by atoms with E-state index in [1.807, 2.05) is 0 Å². The molecule has 2 rings (SSSR count). The lowest BCUT2D eigenvalue weighted by atomic mass is 10.1. The summed E-state index contributed by atoms with van der Waals surface area (Å²) in [7, 11) is -1.75. The van der Waals surface area contributed by atoms with Crippen molar-refractivity contribution in [3.63, 3.8) is 0 Å². The third-order valence-electron chi connectivity index (χ3n) is 2.99. The molecule has 0 unspecified atom stereocenters. The summed E-state index contributed by atoms with van der Waals surface area (Å²) in [5, 5.41) is 4.00. The van der Waals surface area contributed by atoms with E-state index in [0.717, 1.165) is 11.1 Å². The molecule has 6 nitrogen and oxygen atoms in total. The van der Waals surface area contributed by atoms with Gasteiger partial charge in [-0.3, -0.25) is 4.68 Å². The van der Waals surface area contributed by atoms with Crippen LogP contribution in [0.4, 0.5) is 0 Å². The van der Waals surface area contributed by atoms with Gasteiger partial charge >= 0.3 is 0 Å². The van der Waals surface area contributed by atoms with Crippen LogP contribution in [0.15, 0.2) is 35.5 Å². The summed E-state index contributed by atoms with van der Waals surface area (Å²) >= 11 is 0. The molecule has 0 amide bonds. The highest BCUT2D eigenvalue weighted by Crippen LogP contribution is 2.16. The predicted octanol–water partition coefficient (Wildman–Crippen LogP) is 0.666. The van der Waals surface area contributed by atoms with Crippen LogP contribution >= 0.6 is 0 Å². The highest BCUT2D eigenvalue weighted by Gasteiger charge is 2.16. The van der Waals surface area contributed by atoms with E-state index in [9.17, 15) is 8.42 Å². The maximum atomic E-state index is 12.3. The standard InChI is InChI=1S/C13H18N4O2S/c1-10-5-11(6-14)3-4-13(10)20(18,19)16-8-12-7-15-17(2)9-12/h3-5,7,9,16H,6,8,14H2,1-2H3. The van der Waals surface area contributed by atoms with E-state index in [-0.39, 0.29) is 11.4 Å². The highest BCUT2D eigenvalue weighted by atomic mass is 32.2. The molecule has 0 radical (unpaired) electrons. The molecule has 0 saturated carbocycles. The lowest BCUT2D eigenvalue weighted by Crippen LogP contribution is -2.24. The van der Waals surface area contributed by atoms with Crippen molar-refractivity contribution in [1.29, 1.82) is 0 Å². The van der Waals surface area contributed by atoms with Crippen molar-refractivity contribution in [3.8, 4) is 0 Å². The zero-order chi connectivity index (χ0) is 14.8. The minimum atomic E-state index is -3.53. The number of benzene rings is 1. The summed E-state index contributed by atoms with van der Waals surface area (Å²) in [4.78, 5) is 0.276. The Hall–Kier alpha value is -1.70. The van der Waals surface area contributed by atoms with Gasteiger partial charge in [-0.1, -0.05) is 12.1 Å². The van der Waals surface area contributed by atoms with Crippen LogP contribution in [0.2, 0.25) is 0 Å². The Labute approximate surface area is 118 Å². The molecule has 1 heterocycles. The van der Waals surface area contributed by atoms with E-state index in [4.69, 9.17) is 5.73 Å². The molecule has 0 aliphatic rings. The van der Waals surface area contributed by atoms with Gasteiger partial charge in [-0.2, -0.15) is 5.10 Å². The Morgan fingerprint density at radius 1 is 1.35 bits per heavy atom. The Kier molecular flexibility index (Phi) is 4.22. The molecule has 0 bridgehead atoms. The van der Waals surface area contributed by atoms with Gasteiger partial charge in [0.1, 0.15) is 0 Å². The number of hydrogen-bond acceptors (Lipinski definition) is 4. The molecular formula is C13H18N4O2S. The van der Waals surface area contributed by atoms with Gasteiger partial charge in [0.15, 0.2) is 0 Å². The largest absolute Gasteiger partial charge is 0.326 e. The van der Waals surface area contributed by atoms with Crippen LogP contribution in [0.5, 0.6) is 0 Å². The van der Waals surface area contributed by atoms with Crippen molar-refractivity contribution < 1.29 is 8.42 Å². The van der Waals surface area contributed by atoms with Crippen LogP contribution in [0.25, 0.3) is 0 Å². The SMILES string of the molecule is Cc1cc(CN)ccc1S(=O)(=O)NCc1cnn(C)c1. The Morgan fingerprint density at radius 2 is 2.10 bits per heavy atom. The summed E-state index contributed by atoms with van der Waals surface area (Å²) in [6.45, 7) is 2.37. The van der Waals surface area contributed by atoms with Gasteiger partial charge in [0.05, 0.1) is 11.1 Å². The average molecular weight is 294 g/mol. The van der Waals surface area contributed by atoms with Crippen LogP contribution in [0, 0.1) is 6.92 Å². The van der Waals surface area contributed by atoms with Crippen LogP contribution in [-0.2, 0) is 30.2 Å². The van der Waals surface area contributed by atoms with Crippen LogP contribution in [0.1, 0.15) is 16.7 Å². The summed E-state index contributed by atoms with van der Waals surface area (Å²) in [5.41, 5.74) is 7.95. The first-order valence-electron chi connectivity index (χ1n) is 6.19. The summed E-state index contributed by atoms with van der Waals surface area (Å²) in [6.07, 6.45) is 3.40. The number of aromatic nitrogens is 2. The van der Waals surface area contributed by atoms with E-state index in [2.05, 4.69) is 9.82 Å². The molecule has 1 aromatic heterocycles. The predicted molar refractivity (Wildman–Crippen MR) is 76.3 cm³/mol. The Morgan fingerprint density at radius 3 is 2.65 bits per heavy atom. The number of sulfonamides is 1. The van der Waals surface area contributed by atoms with Crippen LogP contribution in [-0.4, -0.2) is 18.2 Å². The minimum Gasteiger partial charge on any atom is -0.326 e. The maximum absolute atomic E-state index is 12.3. The Balaban J connectivity index is 2.18. The van der Waals surface area contributed by atoms with E-state index < -0.39 is 10.0 Å². The molecule has 0 aliphatic carbocycles. The third-order valence-corrected chi connectivity index (χ3v) is 4.55. The molecule has 0 aliphatic heterocycles. The van der Waals surface area contributed by atoms with Gasteiger partial charge in [-0.05, 0) is 24.1 Å². The van der Waals surface area contributed by atoms with Crippen molar-refractivity contribution in [2.75, 3.05) is 0 Å². The molecule has 108 valence electrons. The third kappa shape index (κ3) is 3.24. The fourth-order valence-corrected chi connectivity index (χ4v) is 3.20. The number of nitrogens with zero attached hydrogens (tertiary/aromatic N) is 2. The number of nitrogens with two attached hydrogens (primary N) is 1. The second-order valence-electron chi connectivity index (χ2n) is 4.65. The van der Waals surface area contributed by atoms with Crippen molar-refractivity contribution in [2.45, 2.75) is 24.9 Å². The number of nitrogens with one attached hydrogen (secondary N) is 1. The van der Waals surface area contributed by atoms with Crippen molar-refractivity contribution >= 4 is 10.0 Å². The molecule has 0 atom stereocenters. The second kappa shape index (κ2) is 5.74. The molecule has 0 fully saturated rings. The maximum Gasteiger partial charge on any atom is 0.241 e. The molecule has 3 N–H and O–H groups in total. The molecule has 2 aromatic rings. The molecule has 20 heavy (non-hydrogen) atoms. The van der Waals surface area contributed by atoms with Gasteiger partial charge in [0.25, 0.3) is 0 Å². The molecule has 0 spiro atoms. The zero-order valence-electron chi connectivity index (χ0n) is 11.5. The van der Waals surface area contributed by atoms with Gasteiger partial charge in [0.2, 0.25) is 10.0 Å². The van der Waals surface area contributed by atoms with Gasteiger partial charge in [-0.25, -0.2) is 13.1 Å². The number of aryl methyl sites for hydroxylation is 2. The lowest BCUT2D eigenvalue weighted by Gasteiger charge is -2.09. The number of rotatable bonds is 5. The molecule has 1 aromatic carbocycles. The molecule has 0 saturated heterocycles. The summed E-state index contributed by atoms with van der Waals surface area (Å²) in [5.74, 6) is 0. The summed E-state index contributed by atoms with van der Waals surface area (Å²) < 4.78 is 28.7. The minimum absolute atomic E-state index is 0.217. The van der Waals surface area contributed by atoms with E-state index in [0.29, 0.717) is 12.1 Å². The highest BCUT2D eigenvalue weighted by molar-refractivity contribution is 7.89. The smallest absolute Gasteiger partial charge is 0.241 e. The van der Waals surface area contributed by atoms with Crippen molar-refractivity contribution in [1.82, 2.24) is 14.5 Å². The topological polar surface area (TPSA) is 90.0 Å². The van der Waals surface area contributed by atoms with E-state index in [1.54, 1.807) is 49.2 Å². The second-order valence-corrected chi connectivity index (χ2v) is 6.39. The normalized spacial score (nSPS) is 11.8. The zero-order valence-corrected chi connectivity index (χ0v) is 12.3. The molecule has 7 heteroatoms. The van der Waals surface area contributed by atoms with E-state index >= 15 is 0 Å². The first kappa shape index (κ1) is 14.7. The average Bonchev–Trinajstić information content (AvgIpc) is 2.82. The Bertz CT molecular complexity index is 707. The van der Waals surface area contributed by atoms with E-state index in [1.165, 1.54) is 0 Å². The quantitative estimate of drug-likeness (QED) is 0.848. The van der Waals surface area contributed by atoms with Gasteiger partial charge in [-0.15, -0.1) is 0 Å². The van der Waals surface area contributed by atoms with Gasteiger partial charge in [0, 0.05) is 31.9 Å². The fourth-order valence-electron chi connectivity index (χ4n) is 1.96.